The summed E-state index contributed by atoms with van der Waals surface area (Å²) in [6, 6.07) is 4.94. The molecule has 0 bridgehead atoms. The molecule has 0 amide bonds. The van der Waals surface area contributed by atoms with Crippen molar-refractivity contribution in [1.29, 1.82) is 0 Å². The molecular formula is C24H29N7S. The van der Waals surface area contributed by atoms with Gasteiger partial charge in [-0.1, -0.05) is 0 Å². The van der Waals surface area contributed by atoms with E-state index in [2.05, 4.69) is 57.1 Å². The topological polar surface area (TPSA) is 52.8 Å². The van der Waals surface area contributed by atoms with Crippen LogP contribution in [0.3, 0.4) is 0 Å². The zero-order chi connectivity index (χ0) is 21.7. The summed E-state index contributed by atoms with van der Waals surface area (Å²) in [5, 5.41) is 4.66. The highest BCUT2D eigenvalue weighted by atomic mass is 32.1. The van der Waals surface area contributed by atoms with Crippen molar-refractivity contribution in [3.05, 3.63) is 41.8 Å². The van der Waals surface area contributed by atoms with Gasteiger partial charge < -0.3 is 9.80 Å². The molecule has 32 heavy (non-hydrogen) atoms. The quantitative estimate of drug-likeness (QED) is 0.479. The largest absolute Gasteiger partial charge is 0.369 e. The van der Waals surface area contributed by atoms with E-state index in [0.29, 0.717) is 0 Å². The van der Waals surface area contributed by atoms with Crippen molar-refractivity contribution in [2.24, 2.45) is 0 Å². The number of aryl methyl sites for hydroxylation is 1. The number of aromatic nitrogens is 4. The van der Waals surface area contributed by atoms with E-state index in [4.69, 9.17) is 4.98 Å². The van der Waals surface area contributed by atoms with Crippen molar-refractivity contribution >= 4 is 32.9 Å². The van der Waals surface area contributed by atoms with Crippen LogP contribution in [0.1, 0.15) is 17.7 Å². The molecular weight excluding hydrogens is 418 g/mol. The van der Waals surface area contributed by atoms with Gasteiger partial charge in [0.25, 0.3) is 0 Å². The lowest BCUT2D eigenvalue weighted by atomic mass is 10.0. The van der Waals surface area contributed by atoms with Crippen molar-refractivity contribution < 1.29 is 0 Å². The number of thiophene rings is 1. The second kappa shape index (κ2) is 8.10. The minimum absolute atomic E-state index is 0.719. The van der Waals surface area contributed by atoms with Gasteiger partial charge in [0.1, 0.15) is 0 Å². The standard InChI is InChI=1S/C24H29N7S/c1-17-13-22-23(32-17)20(3-6-25-22)21-15-27-31-16-19(14-26-24(21)31)29-7-4-18(5-8-29)30-11-9-28(2)10-12-30/h3,6,13-16,18H,4-5,7-12H2,1-2H3. The molecule has 0 unspecified atom stereocenters. The van der Waals surface area contributed by atoms with Crippen LogP contribution in [0.15, 0.2) is 36.9 Å². The Labute approximate surface area is 192 Å². The normalized spacial score (nSPS) is 19.4. The second-order valence-electron chi connectivity index (χ2n) is 9.13. The van der Waals surface area contributed by atoms with E-state index in [1.54, 1.807) is 11.3 Å². The Morgan fingerprint density at radius 1 is 0.969 bits per heavy atom. The molecule has 8 heteroatoms. The highest BCUT2D eigenvalue weighted by Gasteiger charge is 2.27. The molecule has 0 radical (unpaired) electrons. The van der Waals surface area contributed by atoms with Crippen molar-refractivity contribution in [1.82, 2.24) is 29.4 Å². The fourth-order valence-corrected chi connectivity index (χ4v) is 6.16. The summed E-state index contributed by atoms with van der Waals surface area (Å²) < 4.78 is 3.14. The Hall–Kier alpha value is -2.55. The van der Waals surface area contributed by atoms with E-state index < -0.39 is 0 Å². The monoisotopic (exact) mass is 447 g/mol. The van der Waals surface area contributed by atoms with E-state index in [9.17, 15) is 0 Å². The highest BCUT2D eigenvalue weighted by Crippen LogP contribution is 2.35. The Bertz CT molecular complexity index is 1250. The zero-order valence-corrected chi connectivity index (χ0v) is 19.6. The number of hydrogen-bond donors (Lipinski definition) is 0. The molecule has 6 heterocycles. The first-order chi connectivity index (χ1) is 15.7. The van der Waals surface area contributed by atoms with Crippen LogP contribution in [-0.4, -0.2) is 81.7 Å². The number of hydrogen-bond acceptors (Lipinski definition) is 7. The molecule has 4 aromatic rings. The predicted molar refractivity (Wildman–Crippen MR) is 131 cm³/mol. The van der Waals surface area contributed by atoms with Crippen molar-refractivity contribution in [2.45, 2.75) is 25.8 Å². The summed E-state index contributed by atoms with van der Waals surface area (Å²) in [6.07, 6.45) is 10.4. The van der Waals surface area contributed by atoms with Gasteiger partial charge in [0.2, 0.25) is 0 Å². The van der Waals surface area contributed by atoms with E-state index >= 15 is 0 Å². The van der Waals surface area contributed by atoms with Crippen LogP contribution in [0.5, 0.6) is 0 Å². The number of anilines is 1. The fraction of sp³-hybridized carbons (Fsp3) is 0.458. The number of nitrogens with zero attached hydrogens (tertiary/aromatic N) is 7. The maximum Gasteiger partial charge on any atom is 0.162 e. The summed E-state index contributed by atoms with van der Waals surface area (Å²) >= 11 is 1.78. The van der Waals surface area contributed by atoms with E-state index in [1.165, 1.54) is 48.6 Å². The number of piperidine rings is 1. The first-order valence-corrected chi connectivity index (χ1v) is 12.3. The molecule has 2 aliphatic heterocycles. The smallest absolute Gasteiger partial charge is 0.162 e. The van der Waals surface area contributed by atoms with Crippen LogP contribution in [0.2, 0.25) is 0 Å². The van der Waals surface area contributed by atoms with Gasteiger partial charge in [0.15, 0.2) is 5.65 Å². The van der Waals surface area contributed by atoms with Gasteiger partial charge >= 0.3 is 0 Å². The van der Waals surface area contributed by atoms with Gasteiger partial charge in [0.05, 0.1) is 34.5 Å². The summed E-state index contributed by atoms with van der Waals surface area (Å²) in [7, 11) is 2.22. The lowest BCUT2D eigenvalue weighted by molar-refractivity contribution is 0.0982. The molecule has 4 aromatic heterocycles. The Kier molecular flexibility index (Phi) is 5.08. The molecule has 0 aliphatic carbocycles. The lowest BCUT2D eigenvalue weighted by Gasteiger charge is -2.42. The third-order valence-corrected chi connectivity index (χ3v) is 8.12. The van der Waals surface area contributed by atoms with Gasteiger partial charge in [-0.15, -0.1) is 11.3 Å². The molecule has 2 saturated heterocycles. The van der Waals surface area contributed by atoms with Crippen LogP contribution in [0.4, 0.5) is 5.69 Å². The van der Waals surface area contributed by atoms with Gasteiger partial charge in [-0.05, 0) is 38.9 Å². The molecule has 0 atom stereocenters. The SMILES string of the molecule is Cc1cc2nccc(-c3cnn4cc(N5CCC(N6CCN(C)CC6)CC5)cnc34)c2s1. The first-order valence-electron chi connectivity index (χ1n) is 11.5. The molecule has 6 rings (SSSR count). The van der Waals surface area contributed by atoms with E-state index in [1.807, 2.05) is 23.1 Å². The summed E-state index contributed by atoms with van der Waals surface area (Å²) in [4.78, 5) is 18.2. The summed E-state index contributed by atoms with van der Waals surface area (Å²) in [5.41, 5.74) is 5.34. The number of pyridine rings is 1. The van der Waals surface area contributed by atoms with Crippen LogP contribution >= 0.6 is 11.3 Å². The van der Waals surface area contributed by atoms with Gasteiger partial charge in [-0.2, -0.15) is 5.10 Å². The minimum atomic E-state index is 0.719. The van der Waals surface area contributed by atoms with Crippen molar-refractivity contribution in [3.8, 4) is 11.1 Å². The van der Waals surface area contributed by atoms with Crippen LogP contribution in [-0.2, 0) is 0 Å². The predicted octanol–water partition coefficient (Wildman–Crippen LogP) is 3.53. The molecule has 7 nitrogen and oxygen atoms in total. The van der Waals surface area contributed by atoms with Gasteiger partial charge in [-0.25, -0.2) is 9.50 Å². The molecule has 2 aliphatic rings. The van der Waals surface area contributed by atoms with Crippen LogP contribution < -0.4 is 4.90 Å². The maximum absolute atomic E-state index is 4.85. The molecule has 0 spiro atoms. The Morgan fingerprint density at radius 2 is 1.78 bits per heavy atom. The average Bonchev–Trinajstić information content (AvgIpc) is 3.41. The second-order valence-corrected chi connectivity index (χ2v) is 10.4. The van der Waals surface area contributed by atoms with E-state index in [0.717, 1.165) is 47.1 Å². The number of fused-ring (bicyclic) bond motifs is 2. The molecule has 0 aromatic carbocycles. The minimum Gasteiger partial charge on any atom is -0.369 e. The lowest BCUT2D eigenvalue weighted by Crippen LogP contribution is -2.52. The number of piperazine rings is 1. The van der Waals surface area contributed by atoms with Crippen molar-refractivity contribution in [3.63, 3.8) is 0 Å². The number of rotatable bonds is 3. The van der Waals surface area contributed by atoms with E-state index in [-0.39, 0.29) is 0 Å². The van der Waals surface area contributed by atoms with Crippen LogP contribution in [0.25, 0.3) is 27.0 Å². The summed E-state index contributed by atoms with van der Waals surface area (Å²) in [6.45, 7) is 9.08. The third-order valence-electron chi connectivity index (χ3n) is 7.05. The zero-order valence-electron chi connectivity index (χ0n) is 18.7. The molecule has 0 saturated carbocycles. The van der Waals surface area contributed by atoms with Gasteiger partial charge in [0, 0.05) is 67.5 Å². The third kappa shape index (κ3) is 3.56. The molecule has 2 fully saturated rings. The van der Waals surface area contributed by atoms with Crippen molar-refractivity contribution in [2.75, 3.05) is 51.2 Å². The van der Waals surface area contributed by atoms with Gasteiger partial charge in [-0.3, -0.25) is 9.88 Å². The summed E-state index contributed by atoms with van der Waals surface area (Å²) in [5.74, 6) is 0. The average molecular weight is 448 g/mol. The molecule has 166 valence electrons. The highest BCUT2D eigenvalue weighted by molar-refractivity contribution is 7.19. The number of likely N-dealkylation sites (N-methyl/N-ethyl adjacent to an activating group) is 1. The Morgan fingerprint density at radius 3 is 2.59 bits per heavy atom. The fourth-order valence-electron chi connectivity index (χ4n) is 5.16. The maximum atomic E-state index is 4.85. The van der Waals surface area contributed by atoms with Crippen LogP contribution in [0, 0.1) is 6.92 Å². The molecule has 0 N–H and O–H groups in total. The first kappa shape index (κ1) is 20.1. The Balaban J connectivity index is 1.22.